The van der Waals surface area contributed by atoms with Crippen LogP contribution in [0.2, 0.25) is 0 Å². The summed E-state index contributed by atoms with van der Waals surface area (Å²) in [6.07, 6.45) is 8.01. The van der Waals surface area contributed by atoms with E-state index in [1.54, 1.807) is 25.5 Å². The lowest BCUT2D eigenvalue weighted by Gasteiger charge is -2.17. The van der Waals surface area contributed by atoms with Crippen molar-refractivity contribution in [1.29, 1.82) is 0 Å². The lowest BCUT2D eigenvalue weighted by molar-refractivity contribution is 0.200. The molecule has 0 bridgehead atoms. The molecule has 1 aliphatic carbocycles. The smallest absolute Gasteiger partial charge is 0.191 e. The maximum atomic E-state index is 6.18. The fourth-order valence-electron chi connectivity index (χ4n) is 3.27. The molecule has 3 rings (SSSR count). The summed E-state index contributed by atoms with van der Waals surface area (Å²) >= 11 is 1.73. The van der Waals surface area contributed by atoms with E-state index in [9.17, 15) is 0 Å². The molecule has 0 spiro atoms. The van der Waals surface area contributed by atoms with Gasteiger partial charge in [-0.2, -0.15) is 0 Å². The van der Waals surface area contributed by atoms with Gasteiger partial charge in [0.15, 0.2) is 17.5 Å². The first-order chi connectivity index (χ1) is 13.7. The molecule has 0 saturated heterocycles. The van der Waals surface area contributed by atoms with Crippen LogP contribution in [0, 0.1) is 0 Å². The number of hydrogen-bond donors (Lipinski definition) is 2. The maximum Gasteiger partial charge on any atom is 0.191 e. The van der Waals surface area contributed by atoms with Gasteiger partial charge in [0.05, 0.1) is 19.8 Å². The highest BCUT2D eigenvalue weighted by molar-refractivity contribution is 7.11. The number of aromatic nitrogens is 1. The van der Waals surface area contributed by atoms with Crippen LogP contribution in [0.3, 0.4) is 0 Å². The predicted octanol–water partition coefficient (Wildman–Crippen LogP) is 3.90. The number of hydrogen-bond acceptors (Lipinski definition) is 5. The van der Waals surface area contributed by atoms with Crippen LogP contribution >= 0.6 is 11.3 Å². The SMILES string of the molecule is CCc1cnc(CNC(=NC)NCc2ccc(OC)c(OC3CCCC3)c2)s1. The summed E-state index contributed by atoms with van der Waals surface area (Å²) in [6, 6.07) is 6.08. The van der Waals surface area contributed by atoms with E-state index >= 15 is 0 Å². The Labute approximate surface area is 171 Å². The molecule has 1 aromatic carbocycles. The molecule has 1 aromatic heterocycles. The highest BCUT2D eigenvalue weighted by Gasteiger charge is 2.18. The zero-order chi connectivity index (χ0) is 19.8. The van der Waals surface area contributed by atoms with Crippen LogP contribution in [0.25, 0.3) is 0 Å². The highest BCUT2D eigenvalue weighted by Crippen LogP contribution is 2.32. The van der Waals surface area contributed by atoms with E-state index in [2.05, 4.69) is 39.7 Å². The number of nitrogens with one attached hydrogen (secondary N) is 2. The van der Waals surface area contributed by atoms with Crippen LogP contribution < -0.4 is 20.1 Å². The fraction of sp³-hybridized carbons (Fsp3) is 0.524. The Kier molecular flexibility index (Phi) is 7.54. The van der Waals surface area contributed by atoms with Gasteiger partial charge in [0.2, 0.25) is 0 Å². The van der Waals surface area contributed by atoms with Crippen molar-refractivity contribution >= 4 is 17.3 Å². The highest BCUT2D eigenvalue weighted by atomic mass is 32.1. The van der Waals surface area contributed by atoms with Crippen LogP contribution in [0.1, 0.15) is 48.1 Å². The molecule has 0 radical (unpaired) electrons. The van der Waals surface area contributed by atoms with Gasteiger partial charge in [0, 0.05) is 24.7 Å². The predicted molar refractivity (Wildman–Crippen MR) is 114 cm³/mol. The number of rotatable bonds is 8. The van der Waals surface area contributed by atoms with E-state index in [1.165, 1.54) is 17.7 Å². The molecule has 0 amide bonds. The van der Waals surface area contributed by atoms with E-state index in [-0.39, 0.29) is 0 Å². The monoisotopic (exact) mass is 402 g/mol. The van der Waals surface area contributed by atoms with Gasteiger partial charge in [0.25, 0.3) is 0 Å². The number of thiazole rings is 1. The molecule has 152 valence electrons. The van der Waals surface area contributed by atoms with E-state index in [4.69, 9.17) is 9.47 Å². The molecule has 0 aliphatic heterocycles. The molecule has 2 aromatic rings. The molecule has 0 atom stereocenters. The van der Waals surface area contributed by atoms with Gasteiger partial charge < -0.3 is 20.1 Å². The first-order valence-corrected chi connectivity index (χ1v) is 10.7. The summed E-state index contributed by atoms with van der Waals surface area (Å²) < 4.78 is 11.7. The Morgan fingerprint density at radius 1 is 1.21 bits per heavy atom. The van der Waals surface area contributed by atoms with E-state index in [1.807, 2.05) is 12.3 Å². The normalized spacial score (nSPS) is 14.9. The summed E-state index contributed by atoms with van der Waals surface area (Å²) in [5.74, 6) is 2.36. The number of aliphatic imine (C=N–C) groups is 1. The largest absolute Gasteiger partial charge is 0.493 e. The van der Waals surface area contributed by atoms with Gasteiger partial charge in [-0.1, -0.05) is 13.0 Å². The quantitative estimate of drug-likeness (QED) is 0.518. The Hall–Kier alpha value is -2.28. The molecular weight excluding hydrogens is 372 g/mol. The number of benzene rings is 1. The van der Waals surface area contributed by atoms with Crippen molar-refractivity contribution in [3.8, 4) is 11.5 Å². The third-order valence-corrected chi connectivity index (χ3v) is 6.01. The topological polar surface area (TPSA) is 67.8 Å². The minimum atomic E-state index is 0.304. The number of methoxy groups -OCH3 is 1. The summed E-state index contributed by atoms with van der Waals surface area (Å²) in [4.78, 5) is 10.0. The fourth-order valence-corrected chi connectivity index (χ4v) is 4.07. The summed E-state index contributed by atoms with van der Waals surface area (Å²) in [6.45, 7) is 3.47. The van der Waals surface area contributed by atoms with Crippen molar-refractivity contribution in [2.45, 2.75) is 58.2 Å². The number of nitrogens with zero attached hydrogens (tertiary/aromatic N) is 2. The molecule has 7 heteroatoms. The van der Waals surface area contributed by atoms with Crippen LogP contribution in [0.4, 0.5) is 0 Å². The molecule has 1 fully saturated rings. The summed E-state index contributed by atoms with van der Waals surface area (Å²) in [5, 5.41) is 7.74. The second-order valence-corrected chi connectivity index (χ2v) is 8.06. The average molecular weight is 403 g/mol. The van der Waals surface area contributed by atoms with Crippen molar-refractivity contribution in [2.24, 2.45) is 4.99 Å². The van der Waals surface area contributed by atoms with Gasteiger partial charge in [0.1, 0.15) is 5.01 Å². The van der Waals surface area contributed by atoms with Gasteiger partial charge >= 0.3 is 0 Å². The number of aryl methyl sites for hydroxylation is 1. The van der Waals surface area contributed by atoms with Crippen LogP contribution in [0.5, 0.6) is 11.5 Å². The van der Waals surface area contributed by atoms with Crippen molar-refractivity contribution in [2.75, 3.05) is 14.2 Å². The molecule has 28 heavy (non-hydrogen) atoms. The Morgan fingerprint density at radius 3 is 2.68 bits per heavy atom. The standard InChI is InChI=1S/C21H30N4O2S/c1-4-17-13-23-20(28-17)14-25-21(22-2)24-12-15-9-10-18(26-3)19(11-15)27-16-7-5-6-8-16/h9-11,13,16H,4-8,12,14H2,1-3H3,(H2,22,24,25). The van der Waals surface area contributed by atoms with Crippen molar-refractivity contribution in [1.82, 2.24) is 15.6 Å². The van der Waals surface area contributed by atoms with Gasteiger partial charge in [-0.3, -0.25) is 4.99 Å². The number of guanidine groups is 1. The zero-order valence-electron chi connectivity index (χ0n) is 17.0. The van der Waals surface area contributed by atoms with Gasteiger partial charge in [-0.15, -0.1) is 11.3 Å². The third-order valence-electron chi connectivity index (χ3n) is 4.86. The second kappa shape index (κ2) is 10.3. The molecule has 1 aliphatic rings. The Morgan fingerprint density at radius 2 is 2.00 bits per heavy atom. The second-order valence-electron chi connectivity index (χ2n) is 6.86. The molecule has 2 N–H and O–H groups in total. The summed E-state index contributed by atoms with van der Waals surface area (Å²) in [5.41, 5.74) is 1.12. The van der Waals surface area contributed by atoms with Crippen LogP contribution in [-0.2, 0) is 19.5 Å². The third kappa shape index (κ3) is 5.61. The van der Waals surface area contributed by atoms with Crippen LogP contribution in [0.15, 0.2) is 29.4 Å². The average Bonchev–Trinajstić information content (AvgIpc) is 3.40. The number of ether oxygens (including phenoxy) is 2. The van der Waals surface area contributed by atoms with Gasteiger partial charge in [-0.05, 0) is 49.8 Å². The molecule has 6 nitrogen and oxygen atoms in total. The first kappa shape index (κ1) is 20.5. The lowest BCUT2D eigenvalue weighted by atomic mass is 10.2. The van der Waals surface area contributed by atoms with Gasteiger partial charge in [-0.25, -0.2) is 4.98 Å². The lowest BCUT2D eigenvalue weighted by Crippen LogP contribution is -2.36. The molecule has 0 unspecified atom stereocenters. The minimum Gasteiger partial charge on any atom is -0.493 e. The van der Waals surface area contributed by atoms with Crippen molar-refractivity contribution < 1.29 is 9.47 Å². The molecule has 1 saturated carbocycles. The Balaban J connectivity index is 1.55. The van der Waals surface area contributed by atoms with E-state index in [0.717, 1.165) is 47.3 Å². The van der Waals surface area contributed by atoms with Crippen molar-refractivity contribution in [3.63, 3.8) is 0 Å². The zero-order valence-corrected chi connectivity index (χ0v) is 17.8. The van der Waals surface area contributed by atoms with Crippen molar-refractivity contribution in [3.05, 3.63) is 39.8 Å². The first-order valence-electron chi connectivity index (χ1n) is 9.93. The van der Waals surface area contributed by atoms with E-state index < -0.39 is 0 Å². The van der Waals surface area contributed by atoms with Crippen LogP contribution in [-0.4, -0.2) is 31.2 Å². The summed E-state index contributed by atoms with van der Waals surface area (Å²) in [7, 11) is 3.46. The maximum absolute atomic E-state index is 6.18. The van der Waals surface area contributed by atoms with E-state index in [0.29, 0.717) is 19.2 Å². The molecule has 1 heterocycles. The molecular formula is C21H30N4O2S. The minimum absolute atomic E-state index is 0.304. The Bertz CT molecular complexity index is 784.